The van der Waals surface area contributed by atoms with Crippen molar-refractivity contribution in [3.63, 3.8) is 0 Å². The van der Waals surface area contributed by atoms with Gasteiger partial charge in [-0.2, -0.15) is 0 Å². The van der Waals surface area contributed by atoms with E-state index in [-0.39, 0.29) is 18.0 Å². The Bertz CT molecular complexity index is 368. The molecule has 0 aliphatic heterocycles. The minimum absolute atomic E-state index is 0.0452. The number of nitrogens with one attached hydrogen (secondary N) is 1. The summed E-state index contributed by atoms with van der Waals surface area (Å²) < 4.78 is 0. The lowest BCUT2D eigenvalue weighted by Gasteiger charge is -2.20. The first kappa shape index (κ1) is 13.0. The lowest BCUT2D eigenvalue weighted by molar-refractivity contribution is -0.118. The van der Waals surface area contributed by atoms with Gasteiger partial charge in [0.25, 0.3) is 0 Å². The molecule has 1 rings (SSSR count). The van der Waals surface area contributed by atoms with Crippen molar-refractivity contribution in [1.29, 1.82) is 0 Å². The molecule has 88 valence electrons. The van der Waals surface area contributed by atoms with Crippen LogP contribution in [0.5, 0.6) is 0 Å². The number of carbonyl (C=O) groups excluding carboxylic acids is 1. The maximum absolute atomic E-state index is 10.8. The fourth-order valence-electron chi connectivity index (χ4n) is 1.70. The van der Waals surface area contributed by atoms with E-state index in [0.29, 0.717) is 6.42 Å². The predicted molar refractivity (Wildman–Crippen MR) is 66.3 cm³/mol. The first-order chi connectivity index (χ1) is 7.50. The molecule has 0 heterocycles. The molecule has 1 aromatic rings. The molecule has 0 fully saturated rings. The largest absolute Gasteiger partial charge is 0.370 e. The Balaban J connectivity index is 2.62. The number of nitrogens with two attached hydrogens (primary N) is 1. The van der Waals surface area contributed by atoms with Crippen molar-refractivity contribution in [2.24, 2.45) is 5.73 Å². The summed E-state index contributed by atoms with van der Waals surface area (Å²) in [5, 5.41) is 4.01. The number of hydrogen-bond acceptors (Lipinski definition) is 2. The molecule has 0 aliphatic carbocycles. The molecule has 0 radical (unpaired) electrons. The Hall–Kier alpha value is -1.06. The first-order valence-electron chi connectivity index (χ1n) is 5.29. The van der Waals surface area contributed by atoms with E-state index in [2.05, 4.69) is 5.32 Å². The van der Waals surface area contributed by atoms with Crippen LogP contribution < -0.4 is 11.1 Å². The molecule has 1 amide bonds. The molecular formula is C12H17ClN2O. The van der Waals surface area contributed by atoms with E-state index in [4.69, 9.17) is 17.3 Å². The predicted octanol–water partition coefficient (Wildman–Crippen LogP) is 2.25. The van der Waals surface area contributed by atoms with Crippen molar-refractivity contribution in [3.05, 3.63) is 34.9 Å². The summed E-state index contributed by atoms with van der Waals surface area (Å²) in [4.78, 5) is 10.8. The van der Waals surface area contributed by atoms with Crippen LogP contribution >= 0.6 is 11.6 Å². The van der Waals surface area contributed by atoms with Crippen LogP contribution in [0.15, 0.2) is 24.3 Å². The van der Waals surface area contributed by atoms with Gasteiger partial charge in [0.15, 0.2) is 0 Å². The standard InChI is InChI=1S/C12H17ClN2O/c1-8(7-12(14)16)15-9(2)10-5-3-4-6-11(10)13/h3-6,8-9,15H,7H2,1-2H3,(H2,14,16). The molecule has 0 aromatic heterocycles. The highest BCUT2D eigenvalue weighted by atomic mass is 35.5. The summed E-state index contributed by atoms with van der Waals surface area (Å²) in [6, 6.07) is 7.81. The number of benzene rings is 1. The summed E-state index contributed by atoms with van der Waals surface area (Å²) in [5.74, 6) is -0.300. The van der Waals surface area contributed by atoms with Crippen molar-refractivity contribution in [1.82, 2.24) is 5.32 Å². The van der Waals surface area contributed by atoms with Gasteiger partial charge in [-0.3, -0.25) is 4.79 Å². The molecule has 0 bridgehead atoms. The van der Waals surface area contributed by atoms with Gasteiger partial charge in [0.05, 0.1) is 0 Å². The molecule has 0 spiro atoms. The van der Waals surface area contributed by atoms with E-state index < -0.39 is 0 Å². The zero-order valence-electron chi connectivity index (χ0n) is 9.53. The first-order valence-corrected chi connectivity index (χ1v) is 5.67. The average molecular weight is 241 g/mol. The molecule has 3 N–H and O–H groups in total. The minimum Gasteiger partial charge on any atom is -0.370 e. The summed E-state index contributed by atoms with van der Waals surface area (Å²) in [5.41, 5.74) is 6.16. The average Bonchev–Trinajstić information content (AvgIpc) is 2.16. The summed E-state index contributed by atoms with van der Waals surface area (Å²) in [6.07, 6.45) is 0.328. The highest BCUT2D eigenvalue weighted by molar-refractivity contribution is 6.31. The van der Waals surface area contributed by atoms with Crippen LogP contribution in [0.3, 0.4) is 0 Å². The van der Waals surface area contributed by atoms with Gasteiger partial charge in [-0.05, 0) is 25.5 Å². The molecule has 0 aliphatic rings. The molecule has 2 unspecified atom stereocenters. The van der Waals surface area contributed by atoms with Gasteiger partial charge in [0, 0.05) is 23.5 Å². The van der Waals surface area contributed by atoms with E-state index in [1.54, 1.807) is 0 Å². The number of hydrogen-bond donors (Lipinski definition) is 2. The highest BCUT2D eigenvalue weighted by Crippen LogP contribution is 2.22. The molecule has 3 nitrogen and oxygen atoms in total. The third-order valence-corrected chi connectivity index (χ3v) is 2.76. The highest BCUT2D eigenvalue weighted by Gasteiger charge is 2.13. The SMILES string of the molecule is CC(CC(N)=O)NC(C)c1ccccc1Cl. The number of amides is 1. The van der Waals surface area contributed by atoms with E-state index in [0.717, 1.165) is 10.6 Å². The maximum Gasteiger partial charge on any atom is 0.218 e. The van der Waals surface area contributed by atoms with E-state index in [1.807, 2.05) is 38.1 Å². The Morgan fingerprint density at radius 3 is 2.62 bits per heavy atom. The zero-order chi connectivity index (χ0) is 12.1. The van der Waals surface area contributed by atoms with E-state index >= 15 is 0 Å². The summed E-state index contributed by atoms with van der Waals surface area (Å²) >= 11 is 6.08. The minimum atomic E-state index is -0.300. The van der Waals surface area contributed by atoms with Crippen LogP contribution in [-0.2, 0) is 4.79 Å². The quantitative estimate of drug-likeness (QED) is 0.830. The topological polar surface area (TPSA) is 55.1 Å². The fraction of sp³-hybridized carbons (Fsp3) is 0.417. The number of halogens is 1. The van der Waals surface area contributed by atoms with Gasteiger partial charge in [-0.15, -0.1) is 0 Å². The normalized spacial score (nSPS) is 14.4. The summed E-state index contributed by atoms with van der Waals surface area (Å²) in [7, 11) is 0. The fourth-order valence-corrected chi connectivity index (χ4v) is 2.00. The third-order valence-electron chi connectivity index (χ3n) is 2.41. The monoisotopic (exact) mass is 240 g/mol. The molecule has 1 aromatic carbocycles. The van der Waals surface area contributed by atoms with Crippen molar-refractivity contribution in [2.45, 2.75) is 32.4 Å². The Labute approximate surface area is 101 Å². The van der Waals surface area contributed by atoms with Gasteiger partial charge < -0.3 is 11.1 Å². The van der Waals surface area contributed by atoms with Crippen molar-refractivity contribution >= 4 is 17.5 Å². The van der Waals surface area contributed by atoms with Gasteiger partial charge in [-0.25, -0.2) is 0 Å². The molecule has 2 atom stereocenters. The molecule has 0 saturated heterocycles. The summed E-state index contributed by atoms with van der Waals surface area (Å²) in [6.45, 7) is 3.94. The number of carbonyl (C=O) groups is 1. The molecular weight excluding hydrogens is 224 g/mol. The molecule has 16 heavy (non-hydrogen) atoms. The second-order valence-electron chi connectivity index (χ2n) is 3.98. The Morgan fingerprint density at radius 2 is 2.06 bits per heavy atom. The second kappa shape index (κ2) is 5.87. The van der Waals surface area contributed by atoms with Crippen molar-refractivity contribution in [2.75, 3.05) is 0 Å². The van der Waals surface area contributed by atoms with Crippen LogP contribution in [0.1, 0.15) is 31.9 Å². The Morgan fingerprint density at radius 1 is 1.44 bits per heavy atom. The van der Waals surface area contributed by atoms with Crippen molar-refractivity contribution in [3.8, 4) is 0 Å². The second-order valence-corrected chi connectivity index (χ2v) is 4.39. The van der Waals surface area contributed by atoms with Gasteiger partial charge in [0.1, 0.15) is 0 Å². The van der Waals surface area contributed by atoms with Gasteiger partial charge in [0.2, 0.25) is 5.91 Å². The number of rotatable bonds is 5. The van der Waals surface area contributed by atoms with Crippen molar-refractivity contribution < 1.29 is 4.79 Å². The van der Waals surface area contributed by atoms with E-state index in [9.17, 15) is 4.79 Å². The zero-order valence-corrected chi connectivity index (χ0v) is 10.3. The van der Waals surface area contributed by atoms with Crippen LogP contribution in [0.25, 0.3) is 0 Å². The van der Waals surface area contributed by atoms with Crippen LogP contribution in [0, 0.1) is 0 Å². The van der Waals surface area contributed by atoms with Gasteiger partial charge >= 0.3 is 0 Å². The maximum atomic E-state index is 10.8. The molecule has 0 saturated carbocycles. The Kier molecular flexibility index (Phi) is 4.77. The lowest BCUT2D eigenvalue weighted by Crippen LogP contribution is -2.33. The van der Waals surface area contributed by atoms with Crippen LogP contribution in [0.2, 0.25) is 5.02 Å². The third kappa shape index (κ3) is 3.83. The lowest BCUT2D eigenvalue weighted by atomic mass is 10.1. The van der Waals surface area contributed by atoms with Crippen LogP contribution in [0.4, 0.5) is 0 Å². The smallest absolute Gasteiger partial charge is 0.218 e. The molecule has 4 heteroatoms. The van der Waals surface area contributed by atoms with Gasteiger partial charge in [-0.1, -0.05) is 29.8 Å². The van der Waals surface area contributed by atoms with Crippen LogP contribution in [-0.4, -0.2) is 11.9 Å². The number of primary amides is 1. The van der Waals surface area contributed by atoms with E-state index in [1.165, 1.54) is 0 Å².